The third kappa shape index (κ3) is 6.35. The second-order valence-electron chi connectivity index (χ2n) is 7.70. The van der Waals surface area contributed by atoms with Crippen LogP contribution in [0.4, 0.5) is 11.5 Å². The molecule has 0 amide bonds. The van der Waals surface area contributed by atoms with Crippen LogP contribution >= 0.6 is 0 Å². The highest BCUT2D eigenvalue weighted by atomic mass is 16.7. The number of nitrogens with one attached hydrogen (secondary N) is 2. The molecule has 0 bridgehead atoms. The van der Waals surface area contributed by atoms with Gasteiger partial charge in [0, 0.05) is 18.2 Å². The van der Waals surface area contributed by atoms with Gasteiger partial charge in [0.1, 0.15) is 12.1 Å². The van der Waals surface area contributed by atoms with Gasteiger partial charge in [-0.3, -0.25) is 10.3 Å². The van der Waals surface area contributed by atoms with Gasteiger partial charge in [-0.25, -0.2) is 9.97 Å². The summed E-state index contributed by atoms with van der Waals surface area (Å²) in [5, 5.41) is 3.39. The Morgan fingerprint density at radius 2 is 1.68 bits per heavy atom. The van der Waals surface area contributed by atoms with Gasteiger partial charge < -0.3 is 5.32 Å². The van der Waals surface area contributed by atoms with Gasteiger partial charge in [-0.15, -0.1) is 0 Å². The first-order valence-electron chi connectivity index (χ1n) is 9.64. The van der Waals surface area contributed by atoms with Gasteiger partial charge in [0.25, 0.3) is 0 Å². The zero-order valence-electron chi connectivity index (χ0n) is 16.8. The van der Waals surface area contributed by atoms with Crippen molar-refractivity contribution in [1.29, 1.82) is 0 Å². The molecular weight excluding hydrogens is 348 g/mol. The second kappa shape index (κ2) is 9.33. The van der Waals surface area contributed by atoms with E-state index >= 15 is 0 Å². The molecule has 146 valence electrons. The summed E-state index contributed by atoms with van der Waals surface area (Å²) in [6.07, 6.45) is 3.71. The van der Waals surface area contributed by atoms with E-state index in [9.17, 15) is 0 Å². The van der Waals surface area contributed by atoms with Crippen LogP contribution in [0.15, 0.2) is 67.0 Å². The van der Waals surface area contributed by atoms with Crippen LogP contribution < -0.4 is 10.8 Å². The topological polar surface area (TPSA) is 59.1 Å². The Balaban J connectivity index is 1.54. The molecule has 5 heteroatoms. The Labute approximate surface area is 167 Å². The van der Waals surface area contributed by atoms with Crippen molar-refractivity contribution in [3.63, 3.8) is 0 Å². The predicted molar refractivity (Wildman–Crippen MR) is 115 cm³/mol. The Hall–Kier alpha value is -2.92. The molecule has 0 aliphatic heterocycles. The molecule has 0 atom stereocenters. The van der Waals surface area contributed by atoms with Gasteiger partial charge in [-0.05, 0) is 51.3 Å². The number of rotatable bonds is 8. The monoisotopic (exact) mass is 376 g/mol. The summed E-state index contributed by atoms with van der Waals surface area (Å²) in [5.74, 6) is 0.844. The molecule has 5 nitrogen and oxygen atoms in total. The van der Waals surface area contributed by atoms with Gasteiger partial charge in [0.05, 0.1) is 17.0 Å². The minimum atomic E-state index is -0.244. The Kier molecular flexibility index (Phi) is 6.61. The Morgan fingerprint density at radius 1 is 0.929 bits per heavy atom. The normalized spacial score (nSPS) is 11.2. The first kappa shape index (κ1) is 19.8. The van der Waals surface area contributed by atoms with Crippen molar-refractivity contribution in [3.8, 4) is 11.3 Å². The van der Waals surface area contributed by atoms with Crippen LogP contribution in [0.2, 0.25) is 0 Å². The number of aryl methyl sites for hydroxylation is 1. The molecule has 3 rings (SSSR count). The molecule has 0 radical (unpaired) electrons. The number of anilines is 2. The molecule has 0 saturated heterocycles. The first-order chi connectivity index (χ1) is 13.5. The van der Waals surface area contributed by atoms with Crippen LogP contribution in [-0.2, 0) is 11.3 Å². The van der Waals surface area contributed by atoms with Crippen LogP contribution in [0.25, 0.3) is 11.3 Å². The van der Waals surface area contributed by atoms with Crippen LogP contribution in [0.1, 0.15) is 32.8 Å². The van der Waals surface area contributed by atoms with Crippen LogP contribution in [0.5, 0.6) is 0 Å². The summed E-state index contributed by atoms with van der Waals surface area (Å²) in [6.45, 7) is 6.88. The van der Waals surface area contributed by atoms with E-state index in [-0.39, 0.29) is 5.60 Å². The van der Waals surface area contributed by atoms with E-state index in [1.807, 2.05) is 57.2 Å². The predicted octanol–water partition coefficient (Wildman–Crippen LogP) is 5.33. The third-order valence-corrected chi connectivity index (χ3v) is 4.11. The fourth-order valence-electron chi connectivity index (χ4n) is 2.69. The molecule has 0 saturated carbocycles. The standard InChI is InChI=1S/C23H28N4O/c1-23(2,3)28-27-20-13-11-19(12-14-20)21-16-22(26-17-25-21)24-15-7-10-18-8-5-4-6-9-18/h4-6,8-9,11-14,16-17,27H,7,10,15H2,1-3H3,(H,24,25,26). The van der Waals surface area contributed by atoms with Crippen molar-refractivity contribution in [2.24, 2.45) is 0 Å². The van der Waals surface area contributed by atoms with E-state index in [2.05, 4.69) is 45.0 Å². The third-order valence-electron chi connectivity index (χ3n) is 4.11. The van der Waals surface area contributed by atoms with Crippen LogP contribution in [0, 0.1) is 0 Å². The number of benzene rings is 2. The molecule has 28 heavy (non-hydrogen) atoms. The van der Waals surface area contributed by atoms with Crippen molar-refractivity contribution in [3.05, 3.63) is 72.6 Å². The molecule has 0 aliphatic carbocycles. The lowest BCUT2D eigenvalue weighted by Gasteiger charge is -2.20. The second-order valence-corrected chi connectivity index (χ2v) is 7.70. The van der Waals surface area contributed by atoms with E-state index in [0.717, 1.165) is 42.1 Å². The molecule has 2 N–H and O–H groups in total. The zero-order chi connectivity index (χ0) is 19.8. The molecule has 2 aromatic carbocycles. The summed E-state index contributed by atoms with van der Waals surface area (Å²) >= 11 is 0. The number of hydrogen-bond acceptors (Lipinski definition) is 5. The van der Waals surface area contributed by atoms with Gasteiger partial charge >= 0.3 is 0 Å². The van der Waals surface area contributed by atoms with E-state index in [1.54, 1.807) is 6.33 Å². The van der Waals surface area contributed by atoms with E-state index < -0.39 is 0 Å². The van der Waals surface area contributed by atoms with E-state index in [0.29, 0.717) is 0 Å². The number of hydrogen-bond donors (Lipinski definition) is 2. The highest BCUT2D eigenvalue weighted by Gasteiger charge is 2.10. The number of nitrogens with zero attached hydrogens (tertiary/aromatic N) is 2. The fraction of sp³-hybridized carbons (Fsp3) is 0.304. The first-order valence-corrected chi connectivity index (χ1v) is 9.64. The van der Waals surface area contributed by atoms with Gasteiger partial charge in [-0.2, -0.15) is 0 Å². The maximum atomic E-state index is 5.58. The highest BCUT2D eigenvalue weighted by molar-refractivity contribution is 5.64. The van der Waals surface area contributed by atoms with Crippen molar-refractivity contribution in [1.82, 2.24) is 9.97 Å². The van der Waals surface area contributed by atoms with Crippen molar-refractivity contribution < 1.29 is 4.84 Å². The van der Waals surface area contributed by atoms with Crippen molar-refractivity contribution in [2.45, 2.75) is 39.2 Å². The Bertz CT molecular complexity index is 858. The summed E-state index contributed by atoms with van der Waals surface area (Å²) in [6, 6.07) is 20.5. The smallest absolute Gasteiger partial charge is 0.129 e. The number of aromatic nitrogens is 2. The molecule has 0 spiro atoms. The van der Waals surface area contributed by atoms with E-state index in [4.69, 9.17) is 4.84 Å². The quantitative estimate of drug-likeness (QED) is 0.411. The van der Waals surface area contributed by atoms with Crippen LogP contribution in [0.3, 0.4) is 0 Å². The average molecular weight is 377 g/mol. The van der Waals surface area contributed by atoms with Crippen LogP contribution in [-0.4, -0.2) is 22.1 Å². The zero-order valence-corrected chi connectivity index (χ0v) is 16.8. The lowest BCUT2D eigenvalue weighted by atomic mass is 10.1. The molecule has 1 heterocycles. The highest BCUT2D eigenvalue weighted by Crippen LogP contribution is 2.22. The maximum absolute atomic E-state index is 5.58. The minimum Gasteiger partial charge on any atom is -0.370 e. The summed E-state index contributed by atoms with van der Waals surface area (Å²) in [7, 11) is 0. The van der Waals surface area contributed by atoms with E-state index in [1.165, 1.54) is 5.56 Å². The van der Waals surface area contributed by atoms with Gasteiger partial charge in [0.2, 0.25) is 0 Å². The van der Waals surface area contributed by atoms with Crippen molar-refractivity contribution in [2.75, 3.05) is 17.3 Å². The molecule has 0 unspecified atom stereocenters. The van der Waals surface area contributed by atoms with Gasteiger partial charge in [0.15, 0.2) is 0 Å². The summed E-state index contributed by atoms with van der Waals surface area (Å²) in [4.78, 5) is 14.3. The molecule has 1 aromatic heterocycles. The van der Waals surface area contributed by atoms with Gasteiger partial charge in [-0.1, -0.05) is 42.5 Å². The maximum Gasteiger partial charge on any atom is 0.129 e. The molecule has 0 aliphatic rings. The summed E-state index contributed by atoms with van der Waals surface area (Å²) in [5.41, 5.74) is 6.93. The lowest BCUT2D eigenvalue weighted by molar-refractivity contribution is 0.0375. The Morgan fingerprint density at radius 3 is 2.39 bits per heavy atom. The lowest BCUT2D eigenvalue weighted by Crippen LogP contribution is -2.22. The fourth-order valence-corrected chi connectivity index (χ4v) is 2.69. The summed E-state index contributed by atoms with van der Waals surface area (Å²) < 4.78 is 0. The SMILES string of the molecule is CC(C)(C)ONc1ccc(-c2cc(NCCCc3ccccc3)ncn2)cc1. The molecular formula is C23H28N4O. The van der Waals surface area contributed by atoms with Crippen molar-refractivity contribution >= 4 is 11.5 Å². The minimum absolute atomic E-state index is 0.244. The molecule has 0 fully saturated rings. The molecule has 3 aromatic rings. The largest absolute Gasteiger partial charge is 0.370 e. The average Bonchev–Trinajstić information content (AvgIpc) is 2.71.